The molecule has 1 atom stereocenters. The molecule has 1 unspecified atom stereocenters. The van der Waals surface area contributed by atoms with Crippen LogP contribution in [0.4, 0.5) is 0 Å². The van der Waals surface area contributed by atoms with Crippen molar-refractivity contribution >= 4 is 32.6 Å². The number of carbonyl (C=O) groups excluding carboxylic acids is 2. The van der Waals surface area contributed by atoms with Gasteiger partial charge in [0.2, 0.25) is 0 Å². The van der Waals surface area contributed by atoms with Gasteiger partial charge < -0.3 is 10.1 Å². The van der Waals surface area contributed by atoms with Gasteiger partial charge in [0.05, 0.1) is 28.3 Å². The maximum absolute atomic E-state index is 12.8. The summed E-state index contributed by atoms with van der Waals surface area (Å²) in [6.07, 6.45) is 0.372. The third-order valence-corrected chi connectivity index (χ3v) is 6.71. The van der Waals surface area contributed by atoms with Crippen LogP contribution < -0.4 is 5.32 Å². The minimum absolute atomic E-state index is 0.0585. The molecule has 1 saturated heterocycles. The molecule has 2 heterocycles. The lowest BCUT2D eigenvalue weighted by Gasteiger charge is -2.12. The number of pyridine rings is 1. The maximum Gasteiger partial charge on any atom is 0.339 e. The molecule has 8 heteroatoms. The van der Waals surface area contributed by atoms with Crippen molar-refractivity contribution in [2.24, 2.45) is 0 Å². The van der Waals surface area contributed by atoms with E-state index in [-0.39, 0.29) is 11.5 Å². The molecule has 1 amide bonds. The molecule has 1 aliphatic rings. The predicted octanol–water partition coefficient (Wildman–Crippen LogP) is 2.36. The van der Waals surface area contributed by atoms with Gasteiger partial charge in [0, 0.05) is 17.0 Å². The second-order valence-electron chi connectivity index (χ2n) is 7.18. The van der Waals surface area contributed by atoms with Gasteiger partial charge in [-0.25, -0.2) is 18.2 Å². The van der Waals surface area contributed by atoms with Crippen LogP contribution in [0.25, 0.3) is 22.2 Å². The van der Waals surface area contributed by atoms with Gasteiger partial charge in [-0.3, -0.25) is 4.79 Å². The minimum atomic E-state index is -3.10. The van der Waals surface area contributed by atoms with Crippen LogP contribution in [-0.2, 0) is 19.4 Å². The number of aromatic nitrogens is 1. The van der Waals surface area contributed by atoms with Gasteiger partial charge in [-0.05, 0) is 18.6 Å². The van der Waals surface area contributed by atoms with Crippen LogP contribution in [0, 0.1) is 0 Å². The zero-order valence-corrected chi connectivity index (χ0v) is 16.9. The van der Waals surface area contributed by atoms with Gasteiger partial charge >= 0.3 is 5.97 Å². The second kappa shape index (κ2) is 8.23. The summed E-state index contributed by atoms with van der Waals surface area (Å²) in [4.78, 5) is 29.5. The number of rotatable bonds is 5. The van der Waals surface area contributed by atoms with Gasteiger partial charge in [0.15, 0.2) is 16.4 Å². The van der Waals surface area contributed by atoms with Crippen molar-refractivity contribution in [3.8, 4) is 11.3 Å². The standard InChI is InChI=1S/C22H20N2O5S/c25-21(23-16-10-11-30(27,28)14-16)13-29-22(26)18-12-20(15-6-2-1-3-7-15)24-19-9-5-4-8-17(18)19/h1-9,12,16H,10-11,13-14H2,(H,23,25). The number of hydrogen-bond acceptors (Lipinski definition) is 6. The van der Waals surface area contributed by atoms with E-state index in [2.05, 4.69) is 10.3 Å². The molecule has 0 spiro atoms. The SMILES string of the molecule is O=C(COC(=O)c1cc(-c2ccccc2)nc2ccccc12)NC1CCS(=O)(=O)C1. The fourth-order valence-corrected chi connectivity index (χ4v) is 5.16. The Bertz CT molecular complexity index is 1210. The zero-order valence-electron chi connectivity index (χ0n) is 16.1. The topological polar surface area (TPSA) is 102 Å². The summed E-state index contributed by atoms with van der Waals surface area (Å²) in [6.45, 7) is -0.479. The summed E-state index contributed by atoms with van der Waals surface area (Å²) in [7, 11) is -3.10. The number of nitrogens with zero attached hydrogens (tertiary/aromatic N) is 1. The number of fused-ring (bicyclic) bond motifs is 1. The first-order valence-corrected chi connectivity index (χ1v) is 11.4. The van der Waals surface area contributed by atoms with Crippen LogP contribution in [0.3, 0.4) is 0 Å². The van der Waals surface area contributed by atoms with Crippen molar-refractivity contribution in [1.29, 1.82) is 0 Å². The van der Waals surface area contributed by atoms with Crippen molar-refractivity contribution < 1.29 is 22.7 Å². The van der Waals surface area contributed by atoms with E-state index >= 15 is 0 Å². The highest BCUT2D eigenvalue weighted by molar-refractivity contribution is 7.91. The molecule has 0 bridgehead atoms. The van der Waals surface area contributed by atoms with E-state index in [1.165, 1.54) is 0 Å². The van der Waals surface area contributed by atoms with Crippen molar-refractivity contribution in [2.75, 3.05) is 18.1 Å². The Morgan fingerprint density at radius 2 is 1.80 bits per heavy atom. The number of para-hydroxylation sites is 1. The third kappa shape index (κ3) is 4.49. The van der Waals surface area contributed by atoms with E-state index in [0.29, 0.717) is 28.6 Å². The van der Waals surface area contributed by atoms with E-state index in [1.807, 2.05) is 42.5 Å². The fourth-order valence-electron chi connectivity index (χ4n) is 3.49. The molecule has 1 aromatic heterocycles. The first-order valence-electron chi connectivity index (χ1n) is 9.53. The second-order valence-corrected chi connectivity index (χ2v) is 9.41. The number of esters is 1. The molecule has 0 radical (unpaired) electrons. The summed E-state index contributed by atoms with van der Waals surface area (Å²) in [6, 6.07) is 17.9. The summed E-state index contributed by atoms with van der Waals surface area (Å²) in [5, 5.41) is 3.24. The highest BCUT2D eigenvalue weighted by Gasteiger charge is 2.29. The molecule has 3 aromatic rings. The largest absolute Gasteiger partial charge is 0.452 e. The maximum atomic E-state index is 12.8. The van der Waals surface area contributed by atoms with Gasteiger partial charge in [0.1, 0.15) is 0 Å². The van der Waals surface area contributed by atoms with E-state index in [1.54, 1.807) is 18.2 Å². The molecule has 1 aliphatic heterocycles. The van der Waals surface area contributed by atoms with Gasteiger partial charge in [-0.15, -0.1) is 0 Å². The van der Waals surface area contributed by atoms with E-state index in [0.717, 1.165) is 5.56 Å². The van der Waals surface area contributed by atoms with Crippen LogP contribution in [-0.4, -0.2) is 49.4 Å². The molecular weight excluding hydrogens is 404 g/mol. The average Bonchev–Trinajstić information content (AvgIpc) is 3.09. The van der Waals surface area contributed by atoms with Crippen LogP contribution >= 0.6 is 0 Å². The summed E-state index contributed by atoms with van der Waals surface area (Å²) < 4.78 is 28.2. The molecule has 2 aromatic carbocycles. The van der Waals surface area contributed by atoms with Crippen LogP contribution in [0.1, 0.15) is 16.8 Å². The number of carbonyl (C=O) groups is 2. The van der Waals surface area contributed by atoms with Crippen molar-refractivity contribution in [2.45, 2.75) is 12.5 Å². The van der Waals surface area contributed by atoms with Crippen LogP contribution in [0.15, 0.2) is 60.7 Å². The summed E-state index contributed by atoms with van der Waals surface area (Å²) in [5.41, 5.74) is 2.45. The summed E-state index contributed by atoms with van der Waals surface area (Å²) in [5.74, 6) is -1.18. The van der Waals surface area contributed by atoms with Crippen LogP contribution in [0.2, 0.25) is 0 Å². The Labute approximate surface area is 174 Å². The molecule has 154 valence electrons. The zero-order chi connectivity index (χ0) is 21.1. The quantitative estimate of drug-likeness (QED) is 0.631. The van der Waals surface area contributed by atoms with Crippen molar-refractivity contribution in [1.82, 2.24) is 10.3 Å². The Morgan fingerprint density at radius 1 is 1.07 bits per heavy atom. The van der Waals surface area contributed by atoms with Gasteiger partial charge in [-0.1, -0.05) is 48.5 Å². The molecule has 1 N–H and O–H groups in total. The van der Waals surface area contributed by atoms with Gasteiger partial charge in [-0.2, -0.15) is 0 Å². The molecular formula is C22H20N2O5S. The number of hydrogen-bond donors (Lipinski definition) is 1. The monoisotopic (exact) mass is 424 g/mol. The molecule has 30 heavy (non-hydrogen) atoms. The number of nitrogens with one attached hydrogen (secondary N) is 1. The third-order valence-electron chi connectivity index (χ3n) is 4.94. The Balaban J connectivity index is 1.52. The summed E-state index contributed by atoms with van der Waals surface area (Å²) >= 11 is 0. The Morgan fingerprint density at radius 3 is 2.53 bits per heavy atom. The highest BCUT2D eigenvalue weighted by Crippen LogP contribution is 2.25. The Kier molecular flexibility index (Phi) is 5.50. The molecule has 0 saturated carbocycles. The van der Waals surface area contributed by atoms with E-state index in [4.69, 9.17) is 4.74 Å². The molecule has 0 aliphatic carbocycles. The average molecular weight is 424 g/mol. The van der Waals surface area contributed by atoms with Crippen molar-refractivity contribution in [3.63, 3.8) is 0 Å². The molecule has 7 nitrogen and oxygen atoms in total. The lowest BCUT2D eigenvalue weighted by Crippen LogP contribution is -2.38. The molecule has 1 fully saturated rings. The number of amides is 1. The number of benzene rings is 2. The van der Waals surface area contributed by atoms with Crippen molar-refractivity contribution in [3.05, 3.63) is 66.2 Å². The smallest absolute Gasteiger partial charge is 0.339 e. The van der Waals surface area contributed by atoms with Gasteiger partial charge in [0.25, 0.3) is 5.91 Å². The Hall–Kier alpha value is -3.26. The molecule has 4 rings (SSSR count). The predicted molar refractivity (Wildman–Crippen MR) is 113 cm³/mol. The number of ether oxygens (including phenoxy) is 1. The number of sulfone groups is 1. The highest BCUT2D eigenvalue weighted by atomic mass is 32.2. The van der Waals surface area contributed by atoms with E-state index < -0.39 is 34.4 Å². The fraction of sp³-hybridized carbons (Fsp3) is 0.227. The minimum Gasteiger partial charge on any atom is -0.452 e. The normalized spacial score (nSPS) is 17.5. The van der Waals surface area contributed by atoms with E-state index in [9.17, 15) is 18.0 Å². The van der Waals surface area contributed by atoms with Crippen LogP contribution in [0.5, 0.6) is 0 Å². The lowest BCUT2D eigenvalue weighted by molar-refractivity contribution is -0.124. The first-order chi connectivity index (χ1) is 14.4. The first kappa shape index (κ1) is 20.0. The lowest BCUT2D eigenvalue weighted by atomic mass is 10.0.